The van der Waals surface area contributed by atoms with Crippen LogP contribution in [0, 0.1) is 20.8 Å². The van der Waals surface area contributed by atoms with E-state index in [4.69, 9.17) is 4.74 Å². The predicted octanol–water partition coefficient (Wildman–Crippen LogP) is 3.50. The Labute approximate surface area is 115 Å². The Kier molecular flexibility index (Phi) is 3.61. The predicted molar refractivity (Wildman–Crippen MR) is 76.1 cm³/mol. The van der Waals surface area contributed by atoms with Gasteiger partial charge in [-0.2, -0.15) is 0 Å². The number of phenolic OH excluding ortho intramolecular Hbond substituents is 1. The summed E-state index contributed by atoms with van der Waals surface area (Å²) < 4.78 is 5.70. The molecule has 1 aromatic carbocycles. The molecule has 0 aliphatic heterocycles. The van der Waals surface area contributed by atoms with E-state index in [1.165, 1.54) is 11.3 Å². The molecule has 0 bridgehead atoms. The van der Waals surface area contributed by atoms with E-state index in [1.807, 2.05) is 20.8 Å². The lowest BCUT2D eigenvalue weighted by molar-refractivity contribution is 0.168. The van der Waals surface area contributed by atoms with Crippen molar-refractivity contribution in [3.63, 3.8) is 0 Å². The van der Waals surface area contributed by atoms with Gasteiger partial charge in [-0.05, 0) is 38.8 Å². The van der Waals surface area contributed by atoms with Gasteiger partial charge in [0.15, 0.2) is 5.13 Å². The van der Waals surface area contributed by atoms with E-state index in [0.717, 1.165) is 26.9 Å². The van der Waals surface area contributed by atoms with Crippen molar-refractivity contribution >= 4 is 32.8 Å². The zero-order chi connectivity index (χ0) is 14.2. The summed E-state index contributed by atoms with van der Waals surface area (Å²) in [5, 5.41) is 13.1. The number of hydrogen-bond donors (Lipinski definition) is 2. The molecule has 0 aliphatic rings. The van der Waals surface area contributed by atoms with E-state index < -0.39 is 6.09 Å². The molecule has 0 unspecified atom stereocenters. The Hall–Kier alpha value is -1.82. The first-order chi connectivity index (χ1) is 8.95. The van der Waals surface area contributed by atoms with Gasteiger partial charge in [0.05, 0.1) is 16.8 Å². The number of nitrogens with one attached hydrogen (secondary N) is 1. The molecule has 5 nitrogen and oxygen atoms in total. The van der Waals surface area contributed by atoms with Crippen LogP contribution in [-0.2, 0) is 4.74 Å². The summed E-state index contributed by atoms with van der Waals surface area (Å²) in [6, 6.07) is 0. The summed E-state index contributed by atoms with van der Waals surface area (Å²) in [6.45, 7) is 7.67. The van der Waals surface area contributed by atoms with Crippen LogP contribution in [0.3, 0.4) is 0 Å². The van der Waals surface area contributed by atoms with E-state index in [2.05, 4.69) is 10.3 Å². The van der Waals surface area contributed by atoms with Gasteiger partial charge in [-0.25, -0.2) is 9.78 Å². The van der Waals surface area contributed by atoms with E-state index >= 15 is 0 Å². The molecule has 19 heavy (non-hydrogen) atoms. The first kappa shape index (κ1) is 13.6. The molecule has 0 saturated carbocycles. The third-order valence-corrected chi connectivity index (χ3v) is 4.17. The quantitative estimate of drug-likeness (QED) is 0.883. The molecule has 0 saturated heterocycles. The van der Waals surface area contributed by atoms with Crippen molar-refractivity contribution in [2.45, 2.75) is 27.7 Å². The number of anilines is 1. The fraction of sp³-hybridized carbons (Fsp3) is 0.385. The maximum Gasteiger partial charge on any atom is 0.413 e. The highest BCUT2D eigenvalue weighted by molar-refractivity contribution is 7.22. The number of rotatable bonds is 2. The van der Waals surface area contributed by atoms with Crippen molar-refractivity contribution in [2.75, 3.05) is 11.9 Å². The van der Waals surface area contributed by atoms with Gasteiger partial charge in [0.2, 0.25) is 0 Å². The molecule has 2 rings (SSSR count). The molecule has 0 radical (unpaired) electrons. The number of fused-ring (bicyclic) bond motifs is 1. The van der Waals surface area contributed by atoms with Crippen molar-refractivity contribution < 1.29 is 14.6 Å². The monoisotopic (exact) mass is 280 g/mol. The average Bonchev–Trinajstić information content (AvgIpc) is 2.78. The lowest BCUT2D eigenvalue weighted by Crippen LogP contribution is -2.12. The summed E-state index contributed by atoms with van der Waals surface area (Å²) in [7, 11) is 0. The third kappa shape index (κ3) is 2.35. The molecular formula is C13H16N2O3S. The Morgan fingerprint density at radius 3 is 2.63 bits per heavy atom. The average molecular weight is 280 g/mol. The Bertz CT molecular complexity index is 604. The number of carbonyl (C=O) groups is 1. The minimum Gasteiger partial charge on any atom is -0.507 e. The topological polar surface area (TPSA) is 71.5 Å². The Morgan fingerprint density at radius 1 is 1.32 bits per heavy atom. The highest BCUT2D eigenvalue weighted by Gasteiger charge is 2.16. The number of carbonyl (C=O) groups excluding carboxylic acids is 1. The highest BCUT2D eigenvalue weighted by atomic mass is 32.1. The standard InChI is InChI=1S/C13H16N2O3S/c1-5-18-13(17)15-12-14-9-6(2)7(3)10(16)8(4)11(9)19-12/h16H,5H2,1-4H3,(H,14,15,17). The van der Waals surface area contributed by atoms with E-state index in [1.54, 1.807) is 6.92 Å². The fourth-order valence-corrected chi connectivity index (χ4v) is 2.89. The van der Waals surface area contributed by atoms with Gasteiger partial charge in [0, 0.05) is 5.56 Å². The molecule has 6 heteroatoms. The van der Waals surface area contributed by atoms with Crippen LogP contribution in [0.15, 0.2) is 0 Å². The number of aryl methyl sites for hydroxylation is 2. The van der Waals surface area contributed by atoms with Crippen LogP contribution in [-0.4, -0.2) is 22.8 Å². The molecule has 1 aromatic heterocycles. The summed E-state index contributed by atoms with van der Waals surface area (Å²) in [5.74, 6) is 0.288. The second-order valence-electron chi connectivity index (χ2n) is 4.27. The highest BCUT2D eigenvalue weighted by Crippen LogP contribution is 2.38. The van der Waals surface area contributed by atoms with Crippen molar-refractivity contribution in [1.29, 1.82) is 0 Å². The molecule has 0 fully saturated rings. The molecule has 0 spiro atoms. The second-order valence-corrected chi connectivity index (χ2v) is 5.26. The maximum atomic E-state index is 11.4. The van der Waals surface area contributed by atoms with Gasteiger partial charge in [-0.15, -0.1) is 0 Å². The number of hydrogen-bond acceptors (Lipinski definition) is 5. The first-order valence-electron chi connectivity index (χ1n) is 5.98. The van der Waals surface area contributed by atoms with Crippen LogP contribution in [0.2, 0.25) is 0 Å². The minimum atomic E-state index is -0.516. The van der Waals surface area contributed by atoms with E-state index in [0.29, 0.717) is 11.7 Å². The van der Waals surface area contributed by atoms with Crippen molar-refractivity contribution in [2.24, 2.45) is 0 Å². The smallest absolute Gasteiger partial charge is 0.413 e. The largest absolute Gasteiger partial charge is 0.507 e. The second kappa shape index (κ2) is 5.05. The van der Waals surface area contributed by atoms with Gasteiger partial charge in [-0.1, -0.05) is 11.3 Å². The van der Waals surface area contributed by atoms with Gasteiger partial charge in [0.25, 0.3) is 0 Å². The van der Waals surface area contributed by atoms with Crippen molar-refractivity contribution in [3.05, 3.63) is 16.7 Å². The number of ether oxygens (including phenoxy) is 1. The molecule has 0 aliphatic carbocycles. The van der Waals surface area contributed by atoms with Crippen LogP contribution in [0.1, 0.15) is 23.6 Å². The molecular weight excluding hydrogens is 264 g/mol. The van der Waals surface area contributed by atoms with Gasteiger partial charge in [0.1, 0.15) is 5.75 Å². The van der Waals surface area contributed by atoms with Crippen LogP contribution in [0.25, 0.3) is 10.2 Å². The van der Waals surface area contributed by atoms with Crippen LogP contribution in [0.5, 0.6) is 5.75 Å². The number of thiazole rings is 1. The normalized spacial score (nSPS) is 10.7. The zero-order valence-corrected chi connectivity index (χ0v) is 12.1. The summed E-state index contributed by atoms with van der Waals surface area (Å²) in [4.78, 5) is 15.8. The summed E-state index contributed by atoms with van der Waals surface area (Å²) in [6.07, 6.45) is -0.516. The minimum absolute atomic E-state index is 0.288. The number of phenols is 1. The lowest BCUT2D eigenvalue weighted by Gasteiger charge is -2.07. The van der Waals surface area contributed by atoms with Gasteiger partial charge < -0.3 is 9.84 Å². The maximum absolute atomic E-state index is 11.4. The molecule has 2 N–H and O–H groups in total. The van der Waals surface area contributed by atoms with Crippen molar-refractivity contribution in [3.8, 4) is 5.75 Å². The Balaban J connectivity index is 2.49. The first-order valence-corrected chi connectivity index (χ1v) is 6.80. The van der Waals surface area contributed by atoms with Crippen LogP contribution >= 0.6 is 11.3 Å². The Morgan fingerprint density at radius 2 is 2.00 bits per heavy atom. The molecule has 2 aromatic rings. The number of amides is 1. The van der Waals surface area contributed by atoms with E-state index in [9.17, 15) is 9.90 Å². The number of aromatic hydroxyl groups is 1. The lowest BCUT2D eigenvalue weighted by atomic mass is 10.0. The SMILES string of the molecule is CCOC(=O)Nc1nc2c(C)c(C)c(O)c(C)c2s1. The molecule has 1 amide bonds. The van der Waals surface area contributed by atoms with Gasteiger partial charge >= 0.3 is 6.09 Å². The number of benzene rings is 1. The molecule has 102 valence electrons. The van der Waals surface area contributed by atoms with Crippen LogP contribution < -0.4 is 5.32 Å². The van der Waals surface area contributed by atoms with Crippen LogP contribution in [0.4, 0.5) is 9.93 Å². The zero-order valence-electron chi connectivity index (χ0n) is 11.3. The van der Waals surface area contributed by atoms with Crippen molar-refractivity contribution in [1.82, 2.24) is 4.98 Å². The number of nitrogens with zero attached hydrogens (tertiary/aromatic N) is 1. The van der Waals surface area contributed by atoms with Gasteiger partial charge in [-0.3, -0.25) is 5.32 Å². The summed E-state index contributed by atoms with van der Waals surface area (Å²) >= 11 is 1.33. The fourth-order valence-electron chi connectivity index (χ4n) is 1.88. The third-order valence-electron chi connectivity index (χ3n) is 3.08. The van der Waals surface area contributed by atoms with E-state index in [-0.39, 0.29) is 5.75 Å². The molecule has 0 atom stereocenters. The summed E-state index contributed by atoms with van der Waals surface area (Å²) in [5.41, 5.74) is 3.33. The molecule has 1 heterocycles. The number of aromatic nitrogens is 1.